The molecule has 0 spiro atoms. The first-order chi connectivity index (χ1) is 14.2. The summed E-state index contributed by atoms with van der Waals surface area (Å²) >= 11 is 2.89. The lowest BCUT2D eigenvalue weighted by Crippen LogP contribution is -2.28. The first kappa shape index (κ1) is 19.8. The molecule has 1 amide bonds. The van der Waals surface area contributed by atoms with Crippen LogP contribution in [0.2, 0.25) is 0 Å². The maximum absolute atomic E-state index is 13.0. The average Bonchev–Trinajstić information content (AvgIpc) is 3.23. The Labute approximate surface area is 177 Å². The van der Waals surface area contributed by atoms with Crippen LogP contribution >= 0.6 is 23.5 Å². The van der Waals surface area contributed by atoms with Crippen molar-refractivity contribution in [3.05, 3.63) is 87.8 Å². The molecule has 0 saturated heterocycles. The van der Waals surface area contributed by atoms with Gasteiger partial charge >= 0.3 is 0 Å². The van der Waals surface area contributed by atoms with Gasteiger partial charge in [0.2, 0.25) is 5.91 Å². The number of rotatable bonds is 7. The molecule has 29 heavy (non-hydrogen) atoms. The van der Waals surface area contributed by atoms with E-state index in [0.29, 0.717) is 18.2 Å². The van der Waals surface area contributed by atoms with Gasteiger partial charge < -0.3 is 5.32 Å². The molecule has 0 radical (unpaired) electrons. The van der Waals surface area contributed by atoms with Gasteiger partial charge in [-0.1, -0.05) is 72.4 Å². The van der Waals surface area contributed by atoms with Crippen LogP contribution in [0.4, 0.5) is 0 Å². The molecule has 0 fully saturated rings. The van der Waals surface area contributed by atoms with Crippen LogP contribution in [-0.2, 0) is 24.3 Å². The molecule has 0 unspecified atom stereocenters. The fourth-order valence-corrected chi connectivity index (χ4v) is 5.00. The minimum absolute atomic E-state index is 0.00598. The van der Waals surface area contributed by atoms with Gasteiger partial charge in [-0.05, 0) is 11.1 Å². The highest BCUT2D eigenvalue weighted by Crippen LogP contribution is 2.29. The number of thioether (sulfide) groups is 2. The monoisotopic (exact) mass is 423 g/mol. The largest absolute Gasteiger partial charge is 0.351 e. The van der Waals surface area contributed by atoms with E-state index >= 15 is 0 Å². The second kappa shape index (κ2) is 9.33. The highest BCUT2D eigenvalue weighted by Gasteiger charge is 2.22. The summed E-state index contributed by atoms with van der Waals surface area (Å²) in [6.45, 7) is 0.944. The summed E-state index contributed by atoms with van der Waals surface area (Å²) in [6.07, 6.45) is 0.801. The van der Waals surface area contributed by atoms with E-state index in [9.17, 15) is 9.59 Å². The number of carbonyl (C=O) groups is 1. The highest BCUT2D eigenvalue weighted by molar-refractivity contribution is 8.00. The quantitative estimate of drug-likeness (QED) is 0.466. The number of benzene rings is 2. The standard InChI is InChI=1S/C22H21N3O2S2/c26-19(23-13-16-7-3-1-4-8-16)15-29-22-24-18-11-12-28-20(18)21(27)25(22)14-17-9-5-2-6-10-17/h1-10H,11-15H2,(H,23,26). The van der Waals surface area contributed by atoms with Gasteiger partial charge in [-0.3, -0.25) is 14.2 Å². The van der Waals surface area contributed by atoms with E-state index in [1.165, 1.54) is 11.8 Å². The topological polar surface area (TPSA) is 64.0 Å². The van der Waals surface area contributed by atoms with Crippen molar-refractivity contribution in [2.24, 2.45) is 0 Å². The molecule has 0 atom stereocenters. The van der Waals surface area contributed by atoms with Crippen LogP contribution in [-0.4, -0.2) is 27.0 Å². The van der Waals surface area contributed by atoms with Crippen molar-refractivity contribution >= 4 is 29.4 Å². The van der Waals surface area contributed by atoms with Crippen molar-refractivity contribution in [2.75, 3.05) is 11.5 Å². The number of hydrogen-bond donors (Lipinski definition) is 1. The van der Waals surface area contributed by atoms with E-state index in [4.69, 9.17) is 4.98 Å². The van der Waals surface area contributed by atoms with Crippen LogP contribution in [0.1, 0.15) is 16.8 Å². The van der Waals surface area contributed by atoms with Gasteiger partial charge in [0.05, 0.1) is 22.9 Å². The summed E-state index contributed by atoms with van der Waals surface area (Å²) in [6, 6.07) is 19.7. The Morgan fingerprint density at radius 2 is 1.76 bits per heavy atom. The minimum Gasteiger partial charge on any atom is -0.351 e. The highest BCUT2D eigenvalue weighted by atomic mass is 32.2. The number of aromatic nitrogens is 2. The maximum atomic E-state index is 13.0. The van der Waals surface area contributed by atoms with Crippen LogP contribution in [0.5, 0.6) is 0 Å². The van der Waals surface area contributed by atoms with E-state index in [1.807, 2.05) is 60.7 Å². The van der Waals surface area contributed by atoms with Gasteiger partial charge in [-0.25, -0.2) is 4.98 Å². The van der Waals surface area contributed by atoms with Gasteiger partial charge in [0.25, 0.3) is 5.56 Å². The number of nitrogens with one attached hydrogen (secondary N) is 1. The Kier molecular flexibility index (Phi) is 6.36. The Bertz CT molecular complexity index is 1050. The Morgan fingerprint density at radius 1 is 1.07 bits per heavy atom. The summed E-state index contributed by atoms with van der Waals surface area (Å²) in [7, 11) is 0. The number of carbonyl (C=O) groups excluding carboxylic acids is 1. The lowest BCUT2D eigenvalue weighted by atomic mass is 10.2. The van der Waals surface area contributed by atoms with E-state index in [2.05, 4.69) is 5.32 Å². The van der Waals surface area contributed by atoms with E-state index in [-0.39, 0.29) is 17.2 Å². The zero-order valence-corrected chi connectivity index (χ0v) is 17.5. The summed E-state index contributed by atoms with van der Waals surface area (Å²) in [4.78, 5) is 30.8. The molecule has 148 valence electrons. The van der Waals surface area contributed by atoms with Gasteiger partial charge in [0.1, 0.15) is 0 Å². The van der Waals surface area contributed by atoms with Gasteiger partial charge in [-0.15, -0.1) is 11.8 Å². The average molecular weight is 424 g/mol. The Hall–Kier alpha value is -2.51. The molecule has 7 heteroatoms. The zero-order valence-electron chi connectivity index (χ0n) is 15.8. The lowest BCUT2D eigenvalue weighted by Gasteiger charge is -2.14. The molecule has 0 saturated carbocycles. The first-order valence-corrected chi connectivity index (χ1v) is 11.4. The van der Waals surface area contributed by atoms with Crippen molar-refractivity contribution in [2.45, 2.75) is 29.6 Å². The molecule has 5 nitrogen and oxygen atoms in total. The summed E-state index contributed by atoms with van der Waals surface area (Å²) in [5.41, 5.74) is 2.94. The number of amides is 1. The molecule has 1 aromatic heterocycles. The second-order valence-electron chi connectivity index (χ2n) is 6.70. The van der Waals surface area contributed by atoms with Crippen LogP contribution in [0.15, 0.2) is 75.5 Å². The summed E-state index contributed by atoms with van der Waals surface area (Å²) in [5, 5.41) is 3.53. The maximum Gasteiger partial charge on any atom is 0.268 e. The van der Waals surface area contributed by atoms with Crippen molar-refractivity contribution in [1.29, 1.82) is 0 Å². The molecule has 2 aromatic carbocycles. The third-order valence-electron chi connectivity index (χ3n) is 4.60. The first-order valence-electron chi connectivity index (χ1n) is 9.44. The molecule has 3 aromatic rings. The molecule has 0 aliphatic carbocycles. The Morgan fingerprint density at radius 3 is 2.48 bits per heavy atom. The molecule has 2 heterocycles. The number of nitrogens with zero attached hydrogens (tertiary/aromatic N) is 2. The third-order valence-corrected chi connectivity index (χ3v) is 6.68. The Balaban J connectivity index is 1.49. The molecular weight excluding hydrogens is 402 g/mol. The predicted octanol–water partition coefficient (Wildman–Crippen LogP) is 3.35. The van der Waals surface area contributed by atoms with Crippen LogP contribution < -0.4 is 10.9 Å². The van der Waals surface area contributed by atoms with E-state index in [1.54, 1.807) is 16.3 Å². The third kappa shape index (κ3) is 4.92. The number of fused-ring (bicyclic) bond motifs is 1. The minimum atomic E-state index is -0.0748. The molecule has 0 bridgehead atoms. The zero-order chi connectivity index (χ0) is 20.1. The smallest absolute Gasteiger partial charge is 0.268 e. The van der Waals surface area contributed by atoms with E-state index in [0.717, 1.165) is 33.9 Å². The van der Waals surface area contributed by atoms with Crippen molar-refractivity contribution < 1.29 is 4.79 Å². The van der Waals surface area contributed by atoms with Crippen molar-refractivity contribution in [3.8, 4) is 0 Å². The van der Waals surface area contributed by atoms with Crippen LogP contribution in [0, 0.1) is 0 Å². The predicted molar refractivity (Wildman–Crippen MR) is 117 cm³/mol. The molecular formula is C22H21N3O2S2. The lowest BCUT2D eigenvalue weighted by molar-refractivity contribution is -0.118. The molecule has 1 aliphatic rings. The van der Waals surface area contributed by atoms with E-state index < -0.39 is 0 Å². The summed E-state index contributed by atoms with van der Waals surface area (Å²) in [5.74, 6) is 1.03. The second-order valence-corrected chi connectivity index (χ2v) is 8.74. The number of aryl methyl sites for hydroxylation is 1. The fraction of sp³-hybridized carbons (Fsp3) is 0.227. The molecule has 1 N–H and O–H groups in total. The van der Waals surface area contributed by atoms with Gasteiger partial charge in [0, 0.05) is 18.7 Å². The van der Waals surface area contributed by atoms with Gasteiger partial charge in [-0.2, -0.15) is 0 Å². The van der Waals surface area contributed by atoms with Crippen LogP contribution in [0.3, 0.4) is 0 Å². The molecule has 1 aliphatic heterocycles. The molecule has 4 rings (SSSR count). The van der Waals surface area contributed by atoms with Crippen LogP contribution in [0.25, 0.3) is 0 Å². The SMILES string of the molecule is O=C(CSc1nc2c(c(=O)n1Cc1ccccc1)SCC2)NCc1ccccc1. The summed E-state index contributed by atoms with van der Waals surface area (Å²) < 4.78 is 1.70. The van der Waals surface area contributed by atoms with Crippen molar-refractivity contribution in [1.82, 2.24) is 14.9 Å². The fourth-order valence-electron chi connectivity index (χ4n) is 3.12. The normalized spacial score (nSPS) is 12.6. The number of hydrogen-bond acceptors (Lipinski definition) is 5. The van der Waals surface area contributed by atoms with Gasteiger partial charge in [0.15, 0.2) is 5.16 Å². The van der Waals surface area contributed by atoms with Crippen molar-refractivity contribution in [3.63, 3.8) is 0 Å².